The average molecular weight is 293 g/mol. The first-order valence-corrected chi connectivity index (χ1v) is 5.90. The quantitative estimate of drug-likeness (QED) is 0.790. The predicted octanol–water partition coefficient (Wildman–Crippen LogP) is 2.85. The van der Waals surface area contributed by atoms with Gasteiger partial charge in [0.25, 0.3) is 0 Å². The molecule has 0 aliphatic carbocycles. The number of aromatic nitrogens is 2. The lowest BCUT2D eigenvalue weighted by atomic mass is 10.2. The molecule has 3 rings (SSSR count). The molecule has 0 aliphatic heterocycles. The van der Waals surface area contributed by atoms with Gasteiger partial charge in [0.1, 0.15) is 5.69 Å². The second kappa shape index (κ2) is 4.01. The Bertz CT molecular complexity index is 659. The van der Waals surface area contributed by atoms with Crippen LogP contribution in [0.1, 0.15) is 5.69 Å². The number of aliphatic hydroxyl groups is 1. The number of furan rings is 1. The maximum Gasteiger partial charge on any atom is 0.154 e. The third-order valence-electron chi connectivity index (χ3n) is 2.61. The van der Waals surface area contributed by atoms with Gasteiger partial charge in [-0.2, -0.15) is 0 Å². The number of halogens is 1. The number of aliphatic hydroxyl groups excluding tert-OH is 1. The van der Waals surface area contributed by atoms with Crippen molar-refractivity contribution in [1.82, 2.24) is 9.38 Å². The molecular weight excluding hydrogens is 284 g/mol. The van der Waals surface area contributed by atoms with Crippen molar-refractivity contribution in [2.45, 2.75) is 6.61 Å². The SMILES string of the molecule is OCc1c(-c2ccco2)nc2c(Br)cccn12. The van der Waals surface area contributed by atoms with E-state index < -0.39 is 0 Å². The molecule has 86 valence electrons. The Kier molecular flexibility index (Phi) is 2.49. The third-order valence-corrected chi connectivity index (χ3v) is 3.22. The van der Waals surface area contributed by atoms with E-state index in [4.69, 9.17) is 4.42 Å². The second-order valence-corrected chi connectivity index (χ2v) is 4.45. The molecule has 0 fully saturated rings. The summed E-state index contributed by atoms with van der Waals surface area (Å²) in [6.07, 6.45) is 3.46. The van der Waals surface area contributed by atoms with Crippen molar-refractivity contribution in [2.75, 3.05) is 0 Å². The van der Waals surface area contributed by atoms with Crippen LogP contribution in [0.2, 0.25) is 0 Å². The summed E-state index contributed by atoms with van der Waals surface area (Å²) in [5, 5.41) is 9.48. The maximum absolute atomic E-state index is 9.48. The van der Waals surface area contributed by atoms with Gasteiger partial charge in [-0.05, 0) is 40.2 Å². The first-order valence-electron chi connectivity index (χ1n) is 5.11. The highest BCUT2D eigenvalue weighted by atomic mass is 79.9. The average Bonchev–Trinajstić information content (AvgIpc) is 2.95. The molecule has 0 unspecified atom stereocenters. The first-order chi connectivity index (χ1) is 8.31. The number of pyridine rings is 1. The van der Waals surface area contributed by atoms with Crippen molar-refractivity contribution in [3.63, 3.8) is 0 Å². The monoisotopic (exact) mass is 292 g/mol. The molecule has 0 saturated carbocycles. The molecule has 3 heterocycles. The smallest absolute Gasteiger partial charge is 0.154 e. The van der Waals surface area contributed by atoms with Crippen LogP contribution in [0.5, 0.6) is 0 Å². The van der Waals surface area contributed by atoms with Crippen molar-refractivity contribution < 1.29 is 9.52 Å². The van der Waals surface area contributed by atoms with Crippen LogP contribution in [0.25, 0.3) is 17.1 Å². The fraction of sp³-hybridized carbons (Fsp3) is 0.0833. The topological polar surface area (TPSA) is 50.7 Å². The summed E-state index contributed by atoms with van der Waals surface area (Å²) in [6.45, 7) is -0.0896. The van der Waals surface area contributed by atoms with E-state index in [2.05, 4.69) is 20.9 Å². The van der Waals surface area contributed by atoms with Crippen LogP contribution in [-0.4, -0.2) is 14.5 Å². The Morgan fingerprint density at radius 2 is 2.24 bits per heavy atom. The van der Waals surface area contributed by atoms with Gasteiger partial charge in [-0.3, -0.25) is 4.40 Å². The fourth-order valence-corrected chi connectivity index (χ4v) is 2.28. The summed E-state index contributed by atoms with van der Waals surface area (Å²) in [4.78, 5) is 4.49. The van der Waals surface area contributed by atoms with Crippen molar-refractivity contribution >= 4 is 21.6 Å². The van der Waals surface area contributed by atoms with Crippen LogP contribution in [0.4, 0.5) is 0 Å². The number of rotatable bonds is 2. The van der Waals surface area contributed by atoms with E-state index in [0.29, 0.717) is 11.5 Å². The zero-order valence-corrected chi connectivity index (χ0v) is 10.4. The summed E-state index contributed by atoms with van der Waals surface area (Å²) < 4.78 is 8.06. The summed E-state index contributed by atoms with van der Waals surface area (Å²) in [6, 6.07) is 7.43. The molecule has 0 saturated heterocycles. The summed E-state index contributed by atoms with van der Waals surface area (Å²) in [7, 11) is 0. The number of imidazole rings is 1. The molecule has 1 N–H and O–H groups in total. The van der Waals surface area contributed by atoms with Crippen LogP contribution in [0.3, 0.4) is 0 Å². The normalized spacial score (nSPS) is 11.2. The Morgan fingerprint density at radius 3 is 2.94 bits per heavy atom. The molecule has 0 aliphatic rings. The standard InChI is InChI=1S/C12H9BrN2O2/c13-8-3-1-5-15-9(7-16)11(14-12(8)15)10-4-2-6-17-10/h1-6,16H,7H2. The maximum atomic E-state index is 9.48. The number of nitrogens with zero attached hydrogens (tertiary/aromatic N) is 2. The molecule has 3 aromatic rings. The van der Waals surface area contributed by atoms with Gasteiger partial charge in [-0.25, -0.2) is 4.98 Å². The lowest BCUT2D eigenvalue weighted by Crippen LogP contribution is -1.93. The van der Waals surface area contributed by atoms with Crippen LogP contribution in [-0.2, 0) is 6.61 Å². The van der Waals surface area contributed by atoms with Gasteiger partial charge in [0.2, 0.25) is 0 Å². The van der Waals surface area contributed by atoms with Gasteiger partial charge >= 0.3 is 0 Å². The van der Waals surface area contributed by atoms with Gasteiger partial charge in [0.15, 0.2) is 11.4 Å². The molecule has 0 aromatic carbocycles. The Balaban J connectivity index is 2.36. The van der Waals surface area contributed by atoms with E-state index in [0.717, 1.165) is 15.8 Å². The van der Waals surface area contributed by atoms with Gasteiger partial charge < -0.3 is 9.52 Å². The highest BCUT2D eigenvalue weighted by Gasteiger charge is 2.16. The minimum atomic E-state index is -0.0896. The zero-order valence-electron chi connectivity index (χ0n) is 8.80. The van der Waals surface area contributed by atoms with Crippen LogP contribution < -0.4 is 0 Å². The Morgan fingerprint density at radius 1 is 1.35 bits per heavy atom. The molecule has 0 spiro atoms. The van der Waals surface area contributed by atoms with Crippen molar-refractivity contribution in [3.05, 3.63) is 46.9 Å². The van der Waals surface area contributed by atoms with E-state index in [-0.39, 0.29) is 6.61 Å². The highest BCUT2D eigenvalue weighted by Crippen LogP contribution is 2.27. The first kappa shape index (κ1) is 10.6. The lowest BCUT2D eigenvalue weighted by Gasteiger charge is -1.99. The summed E-state index contributed by atoms with van der Waals surface area (Å²) >= 11 is 3.44. The van der Waals surface area contributed by atoms with Gasteiger partial charge in [0.05, 0.1) is 23.0 Å². The van der Waals surface area contributed by atoms with E-state index in [1.54, 1.807) is 12.3 Å². The molecule has 0 atom stereocenters. The van der Waals surface area contributed by atoms with Crippen molar-refractivity contribution in [2.24, 2.45) is 0 Å². The Labute approximate surface area is 106 Å². The Hall–Kier alpha value is -1.59. The zero-order chi connectivity index (χ0) is 11.8. The molecule has 0 amide bonds. The fourth-order valence-electron chi connectivity index (χ4n) is 1.85. The van der Waals surface area contributed by atoms with Gasteiger partial charge in [0, 0.05) is 6.20 Å². The molecule has 4 nitrogen and oxygen atoms in total. The summed E-state index contributed by atoms with van der Waals surface area (Å²) in [5.74, 6) is 0.657. The summed E-state index contributed by atoms with van der Waals surface area (Å²) in [5.41, 5.74) is 2.16. The third kappa shape index (κ3) is 1.59. The van der Waals surface area contributed by atoms with Crippen molar-refractivity contribution in [3.8, 4) is 11.5 Å². The van der Waals surface area contributed by atoms with Crippen LogP contribution in [0.15, 0.2) is 45.6 Å². The number of fused-ring (bicyclic) bond motifs is 1. The molecule has 17 heavy (non-hydrogen) atoms. The van der Waals surface area contributed by atoms with Crippen LogP contribution >= 0.6 is 15.9 Å². The minimum absolute atomic E-state index is 0.0896. The second-order valence-electron chi connectivity index (χ2n) is 3.59. The molecular formula is C12H9BrN2O2. The van der Waals surface area contributed by atoms with Crippen LogP contribution in [0, 0.1) is 0 Å². The largest absolute Gasteiger partial charge is 0.463 e. The minimum Gasteiger partial charge on any atom is -0.463 e. The van der Waals surface area contributed by atoms with Gasteiger partial charge in [-0.1, -0.05) is 0 Å². The molecule has 0 bridgehead atoms. The number of hydrogen-bond acceptors (Lipinski definition) is 3. The lowest BCUT2D eigenvalue weighted by molar-refractivity contribution is 0.276. The van der Waals surface area contributed by atoms with E-state index in [1.165, 1.54) is 0 Å². The molecule has 0 radical (unpaired) electrons. The van der Waals surface area contributed by atoms with Crippen molar-refractivity contribution in [1.29, 1.82) is 0 Å². The molecule has 3 aromatic heterocycles. The number of hydrogen-bond donors (Lipinski definition) is 1. The highest BCUT2D eigenvalue weighted by molar-refractivity contribution is 9.10. The van der Waals surface area contributed by atoms with Gasteiger partial charge in [-0.15, -0.1) is 0 Å². The van der Waals surface area contributed by atoms with E-state index in [9.17, 15) is 5.11 Å². The van der Waals surface area contributed by atoms with E-state index in [1.807, 2.05) is 28.8 Å². The van der Waals surface area contributed by atoms with E-state index >= 15 is 0 Å². The predicted molar refractivity (Wildman–Crippen MR) is 66.5 cm³/mol. The molecule has 5 heteroatoms.